The average molecular weight is 1430 g/mol. The Morgan fingerprint density at radius 1 is 0.485 bits per heavy atom. The van der Waals surface area contributed by atoms with E-state index in [1.807, 2.05) is 0 Å². The van der Waals surface area contributed by atoms with E-state index in [0.717, 1.165) is 31.2 Å². The number of aliphatic hydroxyl groups is 12. The number of methoxy groups -OCH3 is 1. The first-order chi connectivity index (χ1) is 48.2. The van der Waals surface area contributed by atoms with Gasteiger partial charge in [0.15, 0.2) is 42.6 Å². The van der Waals surface area contributed by atoms with E-state index in [1.165, 1.54) is 117 Å². The number of ether oxygens (including phenoxy) is 15. The lowest BCUT2D eigenvalue weighted by Crippen LogP contribution is -2.69. The fourth-order valence-corrected chi connectivity index (χ4v) is 11.1. The Labute approximate surface area is 574 Å². The molecule has 0 saturated carbocycles. The molecule has 0 aromatic heterocycles. The van der Waals surface area contributed by atoms with Crippen LogP contribution in [-0.4, -0.2) is 288 Å². The van der Waals surface area contributed by atoms with Gasteiger partial charge in [0.2, 0.25) is 12.1 Å². The monoisotopic (exact) mass is 1430 g/mol. The highest BCUT2D eigenvalue weighted by atomic mass is 16.8. The fraction of sp³-hybridized carbons (Fsp3) is 0.478. The van der Waals surface area contributed by atoms with Gasteiger partial charge in [-0.05, 0) is 90.4 Å². The molecule has 34 heteroatoms. The van der Waals surface area contributed by atoms with Crippen molar-refractivity contribution in [2.75, 3.05) is 40.1 Å². The fourth-order valence-electron chi connectivity index (χ4n) is 11.1. The van der Waals surface area contributed by atoms with Crippen molar-refractivity contribution >= 4 is 48.1 Å². The lowest BCUT2D eigenvalue weighted by atomic mass is 9.95. The van der Waals surface area contributed by atoms with E-state index in [-0.39, 0.29) is 34.1 Å². The van der Waals surface area contributed by atoms with Gasteiger partial charge in [-0.25, -0.2) is 19.2 Å². The first-order valence-electron chi connectivity index (χ1n) is 31.4. The lowest BCUT2D eigenvalue weighted by molar-refractivity contribution is -0.421. The molecule has 101 heavy (non-hydrogen) atoms. The minimum absolute atomic E-state index is 0.0319. The standard InChI is InChI=1S/C67H78O34/c1-31-48(76)52(80)55(83)63(91-31)92-39-21-13-35(25-40(39)87-3)16-24-47(75)96-58-44(29-88-32(2)70)95-66(101-67(30-90-46(74)23-15-34-11-19-38(72)20-12-34)61(51(79)42(27-69)100-67)99-62(86)36-7-5-4-6-8-36)60(98-64-56(84)53(81)49(77)41(26-68)93-64)59(58)97-65-57(85)54(82)50(78)43(94-65)28-89-45(73)22-14-33-9-17-37(71)18-10-33/h4-25,31,41-44,48-61,63-66,68-69,71-72,76-85H,26-30H2,1-3H3/b22-14+,23-15+,24-16+/t31-,41+,42+,43+,44+,48-,49+,50+,51-,52+,53-,54-,55+,56+,57+,58+,59-,60+,61-,63-,64-,65-,66+,67-/m0/s1. The molecule has 9 rings (SSSR count). The average Bonchev–Trinajstić information content (AvgIpc) is 1.70. The Kier molecular flexibility index (Phi) is 26.4. The van der Waals surface area contributed by atoms with Crippen LogP contribution in [0.4, 0.5) is 0 Å². The number of carbonyl (C=O) groups is 5. The summed E-state index contributed by atoms with van der Waals surface area (Å²) in [4.78, 5) is 68.6. The maximum absolute atomic E-state index is 14.6. The molecule has 0 unspecified atom stereocenters. The summed E-state index contributed by atoms with van der Waals surface area (Å²) in [6.45, 7) is -2.99. The molecule has 5 aliphatic heterocycles. The number of esters is 5. The summed E-state index contributed by atoms with van der Waals surface area (Å²) in [7, 11) is 1.24. The molecule has 5 saturated heterocycles. The predicted molar refractivity (Wildman–Crippen MR) is 334 cm³/mol. The predicted octanol–water partition coefficient (Wildman–Crippen LogP) is -2.89. The summed E-state index contributed by atoms with van der Waals surface area (Å²) >= 11 is 0. The maximum Gasteiger partial charge on any atom is 0.338 e. The molecule has 5 heterocycles. The van der Waals surface area contributed by atoms with Crippen molar-refractivity contribution in [3.63, 3.8) is 0 Å². The number of benzene rings is 4. The molecule has 14 N–H and O–H groups in total. The lowest BCUT2D eigenvalue weighted by Gasteiger charge is -2.50. The molecule has 0 bridgehead atoms. The third-order valence-electron chi connectivity index (χ3n) is 16.7. The first kappa shape index (κ1) is 77.0. The topological polar surface area (TPSA) is 507 Å². The summed E-state index contributed by atoms with van der Waals surface area (Å²) in [6.07, 6.45) is -40.4. The molecule has 5 fully saturated rings. The van der Waals surface area contributed by atoms with Gasteiger partial charge >= 0.3 is 29.8 Å². The zero-order valence-electron chi connectivity index (χ0n) is 53.9. The Bertz CT molecular complexity index is 3500. The summed E-state index contributed by atoms with van der Waals surface area (Å²) in [5.74, 6) is -9.07. The van der Waals surface area contributed by atoms with Gasteiger partial charge in [-0.15, -0.1) is 0 Å². The second-order valence-electron chi connectivity index (χ2n) is 23.7. The Hall–Kier alpha value is -8.15. The van der Waals surface area contributed by atoms with Crippen LogP contribution in [0.2, 0.25) is 0 Å². The van der Waals surface area contributed by atoms with E-state index in [4.69, 9.17) is 71.1 Å². The zero-order chi connectivity index (χ0) is 73.0. The summed E-state index contributed by atoms with van der Waals surface area (Å²) in [6, 6.07) is 22.2. The van der Waals surface area contributed by atoms with Crippen LogP contribution in [-0.2, 0) is 80.8 Å². The van der Waals surface area contributed by atoms with Crippen molar-refractivity contribution in [3.05, 3.63) is 138 Å². The van der Waals surface area contributed by atoms with E-state index < -0.39 is 210 Å². The molecule has 0 radical (unpaired) electrons. The molecule has 4 aromatic carbocycles. The van der Waals surface area contributed by atoms with Crippen molar-refractivity contribution in [3.8, 4) is 23.0 Å². The molecule has 0 amide bonds. The molecule has 550 valence electrons. The molecule has 24 atom stereocenters. The number of aromatic hydroxyl groups is 2. The van der Waals surface area contributed by atoms with E-state index in [9.17, 15) is 95.5 Å². The van der Waals surface area contributed by atoms with E-state index in [1.54, 1.807) is 6.07 Å². The Morgan fingerprint density at radius 3 is 1.59 bits per heavy atom. The highest BCUT2D eigenvalue weighted by Crippen LogP contribution is 2.43. The van der Waals surface area contributed by atoms with Crippen LogP contribution in [0.1, 0.15) is 40.9 Å². The van der Waals surface area contributed by atoms with Crippen molar-refractivity contribution < 1.29 is 167 Å². The minimum Gasteiger partial charge on any atom is -0.508 e. The summed E-state index contributed by atoms with van der Waals surface area (Å²) in [5, 5.41) is 153. The van der Waals surface area contributed by atoms with Crippen LogP contribution in [0.5, 0.6) is 23.0 Å². The number of rotatable bonds is 26. The summed E-state index contributed by atoms with van der Waals surface area (Å²) in [5.41, 5.74) is 0.817. The number of phenolic OH excluding ortho intramolecular Hbond substituents is 2. The third kappa shape index (κ3) is 18.9. The van der Waals surface area contributed by atoms with Crippen LogP contribution in [0.3, 0.4) is 0 Å². The van der Waals surface area contributed by atoms with Gasteiger partial charge in [-0.2, -0.15) is 0 Å². The smallest absolute Gasteiger partial charge is 0.338 e. The Balaban J connectivity index is 1.15. The van der Waals surface area contributed by atoms with Crippen LogP contribution >= 0.6 is 0 Å². The number of carbonyl (C=O) groups excluding carboxylic acids is 5. The van der Waals surface area contributed by atoms with Crippen LogP contribution < -0.4 is 9.47 Å². The van der Waals surface area contributed by atoms with Crippen LogP contribution in [0, 0.1) is 0 Å². The second kappa shape index (κ2) is 34.7. The highest BCUT2D eigenvalue weighted by molar-refractivity contribution is 5.90. The van der Waals surface area contributed by atoms with Gasteiger partial charge in [-0.1, -0.05) is 48.5 Å². The number of hydrogen-bond donors (Lipinski definition) is 14. The molecule has 0 aliphatic carbocycles. The number of phenols is 2. The van der Waals surface area contributed by atoms with Crippen molar-refractivity contribution in [2.24, 2.45) is 0 Å². The maximum atomic E-state index is 14.6. The number of hydrogen-bond acceptors (Lipinski definition) is 34. The minimum atomic E-state index is -3.00. The van der Waals surface area contributed by atoms with E-state index in [2.05, 4.69) is 0 Å². The van der Waals surface area contributed by atoms with Crippen molar-refractivity contribution in [1.82, 2.24) is 0 Å². The molecular formula is C67H78O34. The molecule has 5 aliphatic rings. The molecular weight excluding hydrogens is 1350 g/mol. The second-order valence-corrected chi connectivity index (χ2v) is 23.7. The molecule has 34 nitrogen and oxygen atoms in total. The van der Waals surface area contributed by atoms with Gasteiger partial charge in [0.25, 0.3) is 0 Å². The largest absolute Gasteiger partial charge is 0.508 e. The highest BCUT2D eigenvalue weighted by Gasteiger charge is 2.64. The number of aliphatic hydroxyl groups excluding tert-OH is 12. The van der Waals surface area contributed by atoms with Crippen LogP contribution in [0.15, 0.2) is 115 Å². The summed E-state index contributed by atoms with van der Waals surface area (Å²) < 4.78 is 89.5. The van der Waals surface area contributed by atoms with Gasteiger partial charge in [0, 0.05) is 25.2 Å². The molecule has 4 aromatic rings. The normalized spacial score (nSPS) is 34.3. The van der Waals surface area contributed by atoms with Gasteiger partial charge in [-0.3, -0.25) is 4.79 Å². The van der Waals surface area contributed by atoms with Crippen molar-refractivity contribution in [2.45, 2.75) is 161 Å². The van der Waals surface area contributed by atoms with Crippen LogP contribution in [0.25, 0.3) is 18.2 Å². The SMILES string of the molecule is COc1cc(/C=C/C(=O)O[C@H]2[C@H](O[C@@H]3O[C@H](COC(=O)/C=C/c4ccc(O)cc4)[C@@H](O)[C@H](O)[C@H]3O)[C@@H](O[C@@H]3O[C@H](CO)[C@@H](O)[C@H](O)[C@H]3O)[C@@H](O[C@]3(COC(=O)/C=C/c4ccc(O)cc4)O[C@H](CO)[C@H](O)[C@@H]3OC(=O)c3ccccc3)O[C@@H]2COC(C)=O)ccc1O[C@@H]1O[C@@H](C)[C@H](O)[C@@H](O)[C@H]1O. The zero-order valence-corrected chi connectivity index (χ0v) is 53.9. The van der Waals surface area contributed by atoms with Gasteiger partial charge in [0.05, 0.1) is 32.0 Å². The van der Waals surface area contributed by atoms with Crippen molar-refractivity contribution in [1.29, 1.82) is 0 Å². The van der Waals surface area contributed by atoms with Gasteiger partial charge in [0.1, 0.15) is 129 Å². The first-order valence-corrected chi connectivity index (χ1v) is 31.4. The van der Waals surface area contributed by atoms with Gasteiger partial charge < -0.3 is 143 Å². The molecule has 0 spiro atoms. The van der Waals surface area contributed by atoms with E-state index >= 15 is 0 Å². The third-order valence-corrected chi connectivity index (χ3v) is 16.7. The van der Waals surface area contributed by atoms with E-state index in [0.29, 0.717) is 11.1 Å². The quantitative estimate of drug-likeness (QED) is 0.0170. The Morgan fingerprint density at radius 2 is 1.00 bits per heavy atom.